The molecule has 1 aromatic heterocycles. The van der Waals surface area contributed by atoms with Gasteiger partial charge in [-0.25, -0.2) is 18.3 Å². The van der Waals surface area contributed by atoms with Crippen LogP contribution in [0.15, 0.2) is 82.1 Å². The van der Waals surface area contributed by atoms with Gasteiger partial charge in [-0.2, -0.15) is 4.31 Å². The Balaban J connectivity index is 1.29. The Morgan fingerprint density at radius 1 is 1.00 bits per heavy atom. The van der Waals surface area contributed by atoms with Gasteiger partial charge in [0.15, 0.2) is 5.58 Å². The average Bonchev–Trinajstić information content (AvgIpc) is 3.67. The first-order valence-electron chi connectivity index (χ1n) is 12.8. The molecule has 2 amide bonds. The van der Waals surface area contributed by atoms with E-state index in [1.54, 1.807) is 36.4 Å². The SMILES string of the molecule is Cc1ccc(S(=O)(=O)N(CC2CCCO2)C2CC(=O)N(c3ccc(-c4nc5ccccc5o4)cc3)C2=O)cc1. The summed E-state index contributed by atoms with van der Waals surface area (Å²) < 4.78 is 40.2. The molecule has 2 saturated heterocycles. The summed E-state index contributed by atoms with van der Waals surface area (Å²) in [5.74, 6) is -0.619. The molecule has 0 aliphatic carbocycles. The van der Waals surface area contributed by atoms with Crippen LogP contribution in [-0.4, -0.2) is 54.8 Å². The number of aromatic nitrogens is 1. The Morgan fingerprint density at radius 2 is 1.74 bits per heavy atom. The van der Waals surface area contributed by atoms with Gasteiger partial charge in [-0.15, -0.1) is 0 Å². The van der Waals surface area contributed by atoms with Crippen molar-refractivity contribution in [2.24, 2.45) is 0 Å². The maximum atomic E-state index is 13.8. The minimum Gasteiger partial charge on any atom is -0.436 e. The zero-order valence-corrected chi connectivity index (χ0v) is 22.1. The van der Waals surface area contributed by atoms with Crippen LogP contribution in [-0.2, 0) is 24.3 Å². The van der Waals surface area contributed by atoms with E-state index in [0.29, 0.717) is 35.8 Å². The lowest BCUT2D eigenvalue weighted by molar-refractivity contribution is -0.122. The van der Waals surface area contributed by atoms with Crippen LogP contribution in [0.3, 0.4) is 0 Å². The molecule has 0 saturated carbocycles. The quantitative estimate of drug-likeness (QED) is 0.318. The summed E-state index contributed by atoms with van der Waals surface area (Å²) in [5, 5.41) is 0. The Kier molecular flexibility index (Phi) is 6.54. The zero-order chi connectivity index (χ0) is 27.1. The van der Waals surface area contributed by atoms with E-state index in [4.69, 9.17) is 9.15 Å². The van der Waals surface area contributed by atoms with Crippen molar-refractivity contribution in [1.82, 2.24) is 9.29 Å². The van der Waals surface area contributed by atoms with Gasteiger partial charge in [0, 0.05) is 18.7 Å². The van der Waals surface area contributed by atoms with Crippen molar-refractivity contribution in [2.75, 3.05) is 18.1 Å². The number of oxazole rings is 1. The van der Waals surface area contributed by atoms with Gasteiger partial charge in [-0.1, -0.05) is 29.8 Å². The number of benzene rings is 3. The third kappa shape index (κ3) is 4.75. The molecule has 0 radical (unpaired) electrons. The van der Waals surface area contributed by atoms with E-state index in [1.165, 1.54) is 12.1 Å². The smallest absolute Gasteiger partial charge is 0.252 e. The van der Waals surface area contributed by atoms with Crippen molar-refractivity contribution in [1.29, 1.82) is 0 Å². The van der Waals surface area contributed by atoms with Gasteiger partial charge in [0.1, 0.15) is 11.6 Å². The summed E-state index contributed by atoms with van der Waals surface area (Å²) in [6, 6.07) is 19.5. The number of hydrogen-bond donors (Lipinski definition) is 0. The van der Waals surface area contributed by atoms with E-state index < -0.39 is 27.9 Å². The van der Waals surface area contributed by atoms with Crippen LogP contribution in [0.5, 0.6) is 0 Å². The molecule has 6 rings (SSSR count). The molecule has 3 heterocycles. The zero-order valence-electron chi connectivity index (χ0n) is 21.3. The molecule has 9 nitrogen and oxygen atoms in total. The van der Waals surface area contributed by atoms with E-state index in [9.17, 15) is 18.0 Å². The molecule has 2 aliphatic heterocycles. The van der Waals surface area contributed by atoms with Crippen molar-refractivity contribution in [2.45, 2.75) is 43.2 Å². The highest BCUT2D eigenvalue weighted by atomic mass is 32.2. The number of sulfonamides is 1. The molecule has 200 valence electrons. The van der Waals surface area contributed by atoms with Gasteiger partial charge in [0.2, 0.25) is 21.8 Å². The van der Waals surface area contributed by atoms with Crippen LogP contribution in [0, 0.1) is 6.92 Å². The first kappa shape index (κ1) is 25.4. The first-order chi connectivity index (χ1) is 18.8. The summed E-state index contributed by atoms with van der Waals surface area (Å²) in [5.41, 5.74) is 3.35. The Labute approximate surface area is 226 Å². The summed E-state index contributed by atoms with van der Waals surface area (Å²) in [7, 11) is -4.07. The van der Waals surface area contributed by atoms with Crippen molar-refractivity contribution in [3.05, 3.63) is 78.4 Å². The van der Waals surface area contributed by atoms with Crippen LogP contribution in [0.2, 0.25) is 0 Å². The van der Waals surface area contributed by atoms with Crippen LogP contribution in [0.25, 0.3) is 22.6 Å². The number of fused-ring (bicyclic) bond motifs is 1. The molecule has 2 aliphatic rings. The summed E-state index contributed by atoms with van der Waals surface area (Å²) in [4.78, 5) is 32.4. The molecular formula is C29H27N3O6S. The highest BCUT2D eigenvalue weighted by Gasteiger charge is 2.47. The topological polar surface area (TPSA) is 110 Å². The summed E-state index contributed by atoms with van der Waals surface area (Å²) in [6.45, 7) is 2.41. The predicted molar refractivity (Wildman–Crippen MR) is 144 cm³/mol. The second-order valence-corrected chi connectivity index (χ2v) is 11.7. The molecule has 39 heavy (non-hydrogen) atoms. The molecule has 0 spiro atoms. The number of carbonyl (C=O) groups is 2. The van der Waals surface area contributed by atoms with E-state index in [2.05, 4.69) is 4.98 Å². The van der Waals surface area contributed by atoms with E-state index >= 15 is 0 Å². The second-order valence-electron chi connectivity index (χ2n) is 9.84. The highest BCUT2D eigenvalue weighted by Crippen LogP contribution is 2.32. The third-order valence-electron chi connectivity index (χ3n) is 7.17. The molecule has 4 aromatic rings. The number of carbonyl (C=O) groups excluding carboxylic acids is 2. The number of amides is 2. The second kappa shape index (κ2) is 10.0. The Hall–Kier alpha value is -3.86. The number of anilines is 1. The van der Waals surface area contributed by atoms with Crippen LogP contribution < -0.4 is 4.90 Å². The van der Waals surface area contributed by atoms with Gasteiger partial charge in [-0.3, -0.25) is 9.59 Å². The highest BCUT2D eigenvalue weighted by molar-refractivity contribution is 7.89. The Morgan fingerprint density at radius 3 is 2.44 bits per heavy atom. The summed E-state index contributed by atoms with van der Waals surface area (Å²) >= 11 is 0. The number of aryl methyl sites for hydroxylation is 1. The lowest BCUT2D eigenvalue weighted by Gasteiger charge is -2.29. The monoisotopic (exact) mass is 545 g/mol. The minimum absolute atomic E-state index is 0.00436. The number of ether oxygens (including phenoxy) is 1. The predicted octanol–water partition coefficient (Wildman–Crippen LogP) is 4.31. The fourth-order valence-electron chi connectivity index (χ4n) is 5.09. The standard InChI is InChI=1S/C29H27N3O6S/c1-19-8-14-23(15-9-19)39(35,36)31(18-22-5-4-16-37-22)25-17-27(33)32(29(25)34)21-12-10-20(11-13-21)28-30-24-6-2-3-7-26(24)38-28/h2-3,6-15,22,25H,4-5,16-18H2,1H3. The number of imide groups is 1. The van der Waals surface area contributed by atoms with Gasteiger partial charge < -0.3 is 9.15 Å². The van der Waals surface area contributed by atoms with Crippen LogP contribution in [0.4, 0.5) is 5.69 Å². The van der Waals surface area contributed by atoms with E-state index in [1.807, 2.05) is 31.2 Å². The van der Waals surface area contributed by atoms with Gasteiger partial charge in [0.05, 0.1) is 23.1 Å². The van der Waals surface area contributed by atoms with Gasteiger partial charge >= 0.3 is 0 Å². The van der Waals surface area contributed by atoms with Crippen LogP contribution >= 0.6 is 0 Å². The normalized spacial score (nSPS) is 20.0. The minimum atomic E-state index is -4.07. The summed E-state index contributed by atoms with van der Waals surface area (Å²) in [6.07, 6.45) is 0.927. The molecule has 2 fully saturated rings. The lowest BCUT2D eigenvalue weighted by atomic mass is 10.2. The van der Waals surface area contributed by atoms with Crippen molar-refractivity contribution in [3.8, 4) is 11.5 Å². The molecule has 2 unspecified atom stereocenters. The van der Waals surface area contributed by atoms with Gasteiger partial charge in [0.25, 0.3) is 5.91 Å². The van der Waals surface area contributed by atoms with Crippen LogP contribution in [0.1, 0.15) is 24.8 Å². The molecule has 0 bridgehead atoms. The average molecular weight is 546 g/mol. The molecule has 0 N–H and O–H groups in total. The number of rotatable bonds is 7. The third-order valence-corrected chi connectivity index (χ3v) is 9.06. The molecule has 10 heteroatoms. The molecular weight excluding hydrogens is 518 g/mol. The maximum Gasteiger partial charge on any atom is 0.252 e. The number of para-hydroxylation sites is 2. The van der Waals surface area contributed by atoms with Gasteiger partial charge in [-0.05, 0) is 68.3 Å². The fraction of sp³-hybridized carbons (Fsp3) is 0.276. The number of hydrogen-bond acceptors (Lipinski definition) is 7. The molecule has 2 atom stereocenters. The van der Waals surface area contributed by atoms with E-state index in [0.717, 1.165) is 26.7 Å². The Bertz CT molecular complexity index is 1610. The fourth-order valence-corrected chi connectivity index (χ4v) is 6.70. The van der Waals surface area contributed by atoms with Crippen molar-refractivity contribution < 1.29 is 27.2 Å². The first-order valence-corrected chi connectivity index (χ1v) is 14.3. The van der Waals surface area contributed by atoms with Crippen molar-refractivity contribution >= 4 is 38.6 Å². The lowest BCUT2D eigenvalue weighted by Crippen LogP contribution is -2.48. The molecule has 3 aromatic carbocycles. The largest absolute Gasteiger partial charge is 0.436 e. The van der Waals surface area contributed by atoms with E-state index in [-0.39, 0.29) is 24.0 Å². The maximum absolute atomic E-state index is 13.8. The van der Waals surface area contributed by atoms with Crippen molar-refractivity contribution in [3.63, 3.8) is 0 Å². The number of nitrogens with zero attached hydrogens (tertiary/aromatic N) is 3.